The first-order valence-corrected chi connectivity index (χ1v) is 7.25. The van der Waals surface area contributed by atoms with Crippen molar-refractivity contribution in [2.45, 2.75) is 26.3 Å². The monoisotopic (exact) mass is 300 g/mol. The maximum Gasteiger partial charge on any atom is 0.328 e. The summed E-state index contributed by atoms with van der Waals surface area (Å²) in [6.07, 6.45) is 2.12. The van der Waals surface area contributed by atoms with Crippen molar-refractivity contribution in [1.29, 1.82) is 0 Å². The highest BCUT2D eigenvalue weighted by Gasteiger charge is 2.23. The van der Waals surface area contributed by atoms with Gasteiger partial charge in [-0.3, -0.25) is 9.78 Å². The van der Waals surface area contributed by atoms with Crippen LogP contribution in [-0.2, 0) is 9.53 Å². The number of carbonyl (C=O) groups is 2. The molecule has 22 heavy (non-hydrogen) atoms. The molecule has 1 atom stereocenters. The molecule has 0 fully saturated rings. The van der Waals surface area contributed by atoms with E-state index in [9.17, 15) is 9.59 Å². The molecule has 0 saturated heterocycles. The molecule has 0 aliphatic rings. The number of rotatable bonds is 5. The molecule has 1 amide bonds. The largest absolute Gasteiger partial charge is 0.467 e. The molecule has 1 aromatic heterocycles. The summed E-state index contributed by atoms with van der Waals surface area (Å²) in [7, 11) is 1.32. The number of nitrogens with one attached hydrogen (secondary N) is 1. The molecule has 2 rings (SSSR count). The van der Waals surface area contributed by atoms with Gasteiger partial charge in [-0.15, -0.1) is 0 Å². The lowest BCUT2D eigenvalue weighted by Gasteiger charge is -2.18. The summed E-state index contributed by atoms with van der Waals surface area (Å²) >= 11 is 0. The predicted octanol–water partition coefficient (Wildman–Crippen LogP) is 2.55. The first kappa shape index (κ1) is 15.9. The molecular weight excluding hydrogens is 280 g/mol. The first-order valence-electron chi connectivity index (χ1n) is 7.25. The minimum absolute atomic E-state index is 0.263. The molecule has 2 aromatic rings. The number of para-hydroxylation sites is 1. The summed E-state index contributed by atoms with van der Waals surface area (Å²) < 4.78 is 4.77. The molecule has 0 aliphatic heterocycles. The summed E-state index contributed by atoms with van der Waals surface area (Å²) in [4.78, 5) is 28.6. The number of amides is 1. The fraction of sp³-hybridized carbons (Fsp3) is 0.353. The third-order valence-electron chi connectivity index (χ3n) is 3.39. The lowest BCUT2D eigenvalue weighted by atomic mass is 10.0. The highest BCUT2D eigenvalue weighted by molar-refractivity contribution is 6.07. The maximum atomic E-state index is 12.5. The SMILES string of the molecule is COC(=O)[C@H](CC(C)C)NC(=O)c1ccnc2ccccc12. The number of nitrogens with zero attached hydrogens (tertiary/aromatic N) is 1. The topological polar surface area (TPSA) is 68.3 Å². The molecule has 1 N–H and O–H groups in total. The third-order valence-corrected chi connectivity index (χ3v) is 3.39. The van der Waals surface area contributed by atoms with Gasteiger partial charge in [0.1, 0.15) is 6.04 Å². The highest BCUT2D eigenvalue weighted by Crippen LogP contribution is 2.17. The lowest BCUT2D eigenvalue weighted by molar-refractivity contribution is -0.143. The number of pyridine rings is 1. The fourth-order valence-electron chi connectivity index (χ4n) is 2.36. The number of methoxy groups -OCH3 is 1. The zero-order chi connectivity index (χ0) is 16.1. The Hall–Kier alpha value is -2.43. The van der Waals surface area contributed by atoms with Crippen LogP contribution in [0.2, 0.25) is 0 Å². The van der Waals surface area contributed by atoms with Crippen molar-refractivity contribution in [3.8, 4) is 0 Å². The van der Waals surface area contributed by atoms with Crippen molar-refractivity contribution in [2.75, 3.05) is 7.11 Å². The molecule has 1 aromatic carbocycles. The standard InChI is InChI=1S/C17H20N2O3/c1-11(2)10-15(17(21)22-3)19-16(20)13-8-9-18-14-7-5-4-6-12(13)14/h4-9,11,15H,10H2,1-3H3,(H,19,20)/t15-/m0/s1. The molecule has 0 radical (unpaired) electrons. The summed E-state index contributed by atoms with van der Waals surface area (Å²) in [6, 6.07) is 8.41. The van der Waals surface area contributed by atoms with Crippen molar-refractivity contribution in [3.05, 3.63) is 42.1 Å². The maximum absolute atomic E-state index is 12.5. The normalized spacial score (nSPS) is 12.2. The van der Waals surface area contributed by atoms with E-state index < -0.39 is 12.0 Å². The number of benzene rings is 1. The summed E-state index contributed by atoms with van der Waals surface area (Å²) in [5.41, 5.74) is 1.25. The van der Waals surface area contributed by atoms with Crippen LogP contribution in [0, 0.1) is 5.92 Å². The summed E-state index contributed by atoms with van der Waals surface area (Å²) in [5, 5.41) is 3.53. The van der Waals surface area contributed by atoms with Crippen LogP contribution < -0.4 is 5.32 Å². The lowest BCUT2D eigenvalue weighted by Crippen LogP contribution is -2.42. The van der Waals surface area contributed by atoms with Crippen molar-refractivity contribution in [2.24, 2.45) is 5.92 Å². The number of carbonyl (C=O) groups excluding carboxylic acids is 2. The van der Waals surface area contributed by atoms with Gasteiger partial charge in [0.2, 0.25) is 0 Å². The average Bonchev–Trinajstić information content (AvgIpc) is 2.52. The molecular formula is C17H20N2O3. The second-order valence-electron chi connectivity index (χ2n) is 5.55. The van der Waals surface area contributed by atoms with Crippen molar-refractivity contribution in [3.63, 3.8) is 0 Å². The second-order valence-corrected chi connectivity index (χ2v) is 5.55. The van der Waals surface area contributed by atoms with Crippen LogP contribution >= 0.6 is 0 Å². The van der Waals surface area contributed by atoms with E-state index in [1.807, 2.05) is 38.1 Å². The van der Waals surface area contributed by atoms with Crippen molar-refractivity contribution in [1.82, 2.24) is 10.3 Å². The van der Waals surface area contributed by atoms with Crippen LogP contribution in [0.1, 0.15) is 30.6 Å². The van der Waals surface area contributed by atoms with E-state index in [0.29, 0.717) is 12.0 Å². The molecule has 5 nitrogen and oxygen atoms in total. The number of ether oxygens (including phenoxy) is 1. The number of fused-ring (bicyclic) bond motifs is 1. The second kappa shape index (κ2) is 7.02. The van der Waals surface area contributed by atoms with Crippen LogP contribution in [0.5, 0.6) is 0 Å². The Morgan fingerprint density at radius 1 is 1.23 bits per heavy atom. The van der Waals surface area contributed by atoms with E-state index >= 15 is 0 Å². The quantitative estimate of drug-likeness (QED) is 0.862. The first-order chi connectivity index (χ1) is 10.5. The van der Waals surface area contributed by atoms with Gasteiger partial charge in [0.05, 0.1) is 18.2 Å². The van der Waals surface area contributed by atoms with E-state index in [1.165, 1.54) is 7.11 Å². The Morgan fingerprint density at radius 3 is 2.64 bits per heavy atom. The molecule has 0 saturated carbocycles. The fourth-order valence-corrected chi connectivity index (χ4v) is 2.36. The molecule has 0 spiro atoms. The Labute approximate surface area is 129 Å². The molecule has 5 heteroatoms. The summed E-state index contributed by atoms with van der Waals surface area (Å²) in [5.74, 6) is -0.464. The molecule has 1 heterocycles. The van der Waals surface area contributed by atoms with Gasteiger partial charge in [0.25, 0.3) is 5.91 Å². The minimum atomic E-state index is -0.649. The number of hydrogen-bond donors (Lipinski definition) is 1. The minimum Gasteiger partial charge on any atom is -0.467 e. The molecule has 116 valence electrons. The van der Waals surface area contributed by atoms with E-state index in [1.54, 1.807) is 12.3 Å². The van der Waals surface area contributed by atoms with Crippen LogP contribution in [-0.4, -0.2) is 30.0 Å². The van der Waals surface area contributed by atoms with Gasteiger partial charge in [0.15, 0.2) is 0 Å². The van der Waals surface area contributed by atoms with Gasteiger partial charge in [0, 0.05) is 11.6 Å². The van der Waals surface area contributed by atoms with E-state index in [4.69, 9.17) is 4.74 Å². The van der Waals surface area contributed by atoms with Crippen LogP contribution in [0.3, 0.4) is 0 Å². The van der Waals surface area contributed by atoms with Crippen LogP contribution in [0.15, 0.2) is 36.5 Å². The van der Waals surface area contributed by atoms with E-state index in [2.05, 4.69) is 10.3 Å². The summed E-state index contributed by atoms with van der Waals surface area (Å²) in [6.45, 7) is 3.98. The van der Waals surface area contributed by atoms with Crippen molar-refractivity contribution < 1.29 is 14.3 Å². The van der Waals surface area contributed by atoms with Gasteiger partial charge in [-0.05, 0) is 24.5 Å². The Balaban J connectivity index is 2.27. The zero-order valence-electron chi connectivity index (χ0n) is 13.0. The Morgan fingerprint density at radius 2 is 1.95 bits per heavy atom. The molecule has 0 bridgehead atoms. The molecule has 0 aliphatic carbocycles. The van der Waals surface area contributed by atoms with Crippen LogP contribution in [0.25, 0.3) is 10.9 Å². The number of esters is 1. The number of aromatic nitrogens is 1. The van der Waals surface area contributed by atoms with Gasteiger partial charge >= 0.3 is 5.97 Å². The van der Waals surface area contributed by atoms with Crippen LogP contribution in [0.4, 0.5) is 0 Å². The van der Waals surface area contributed by atoms with E-state index in [0.717, 1.165) is 10.9 Å². The highest BCUT2D eigenvalue weighted by atomic mass is 16.5. The van der Waals surface area contributed by atoms with Crippen molar-refractivity contribution >= 4 is 22.8 Å². The Bertz CT molecular complexity index is 677. The molecule has 0 unspecified atom stereocenters. The number of hydrogen-bond acceptors (Lipinski definition) is 4. The van der Waals surface area contributed by atoms with E-state index in [-0.39, 0.29) is 11.8 Å². The smallest absolute Gasteiger partial charge is 0.328 e. The third kappa shape index (κ3) is 3.61. The van der Waals surface area contributed by atoms with Gasteiger partial charge in [-0.25, -0.2) is 4.79 Å². The van der Waals surface area contributed by atoms with Gasteiger partial charge in [-0.2, -0.15) is 0 Å². The van der Waals surface area contributed by atoms with Gasteiger partial charge in [-0.1, -0.05) is 32.0 Å². The zero-order valence-corrected chi connectivity index (χ0v) is 13.0. The predicted molar refractivity (Wildman–Crippen MR) is 84.5 cm³/mol. The van der Waals surface area contributed by atoms with Gasteiger partial charge < -0.3 is 10.1 Å². The average molecular weight is 300 g/mol. The Kier molecular flexibility index (Phi) is 5.09.